The molecule has 0 spiro atoms. The maximum atomic E-state index is 14.3. The van der Waals surface area contributed by atoms with E-state index in [0.717, 1.165) is 46.0 Å². The smallest absolute Gasteiger partial charge is 0.223 e. The minimum absolute atomic E-state index is 0.0170. The van der Waals surface area contributed by atoms with Crippen molar-refractivity contribution in [2.45, 2.75) is 19.4 Å². The number of benzene rings is 1. The number of fused-ring (bicyclic) bond motifs is 3. The minimum atomic E-state index is -0.250. The summed E-state index contributed by atoms with van der Waals surface area (Å²) >= 11 is 3.18. The minimum Gasteiger partial charge on any atom is -0.355 e. The number of rotatable bonds is 4. The highest BCUT2D eigenvalue weighted by Crippen LogP contribution is 2.39. The first-order valence-electron chi connectivity index (χ1n) is 9.57. The highest BCUT2D eigenvalue weighted by atomic mass is 32.1. The van der Waals surface area contributed by atoms with Crippen molar-refractivity contribution in [3.8, 4) is 0 Å². The summed E-state index contributed by atoms with van der Waals surface area (Å²) in [4.78, 5) is 24.7. The number of thiophene rings is 2. The molecule has 0 atom stereocenters. The third-order valence-electron chi connectivity index (χ3n) is 5.39. The predicted octanol–water partition coefficient (Wildman–Crippen LogP) is 4.58. The summed E-state index contributed by atoms with van der Waals surface area (Å²) < 4.78 is 16.1. The largest absolute Gasteiger partial charge is 0.355 e. The van der Waals surface area contributed by atoms with Crippen LogP contribution in [0.4, 0.5) is 10.2 Å². The van der Waals surface area contributed by atoms with Crippen LogP contribution in [0.5, 0.6) is 0 Å². The fourth-order valence-corrected chi connectivity index (χ4v) is 5.71. The van der Waals surface area contributed by atoms with E-state index >= 15 is 0 Å². The number of carbonyl (C=O) groups excluding carboxylic acids is 1. The van der Waals surface area contributed by atoms with E-state index in [1.165, 1.54) is 23.7 Å². The van der Waals surface area contributed by atoms with Crippen molar-refractivity contribution in [3.63, 3.8) is 0 Å². The van der Waals surface area contributed by atoms with Crippen LogP contribution in [0, 0.1) is 11.7 Å². The Morgan fingerprint density at radius 1 is 1.21 bits per heavy atom. The molecule has 0 aliphatic carbocycles. The molecule has 1 aliphatic heterocycles. The van der Waals surface area contributed by atoms with Crippen LogP contribution >= 0.6 is 22.7 Å². The quantitative estimate of drug-likeness (QED) is 0.519. The van der Waals surface area contributed by atoms with Crippen LogP contribution in [0.15, 0.2) is 42.0 Å². The van der Waals surface area contributed by atoms with Gasteiger partial charge in [0, 0.05) is 28.6 Å². The van der Waals surface area contributed by atoms with Crippen LogP contribution in [0.3, 0.4) is 0 Å². The molecule has 4 aromatic rings. The Kier molecular flexibility index (Phi) is 4.89. The molecule has 148 valence electrons. The van der Waals surface area contributed by atoms with Crippen molar-refractivity contribution in [1.82, 2.24) is 15.3 Å². The second-order valence-corrected chi connectivity index (χ2v) is 9.23. The molecule has 5 nitrogen and oxygen atoms in total. The van der Waals surface area contributed by atoms with Crippen molar-refractivity contribution in [2.24, 2.45) is 5.92 Å². The van der Waals surface area contributed by atoms with Gasteiger partial charge in [0.25, 0.3) is 0 Å². The Morgan fingerprint density at radius 2 is 2.07 bits per heavy atom. The number of carbonyl (C=O) groups is 1. The summed E-state index contributed by atoms with van der Waals surface area (Å²) in [5, 5.41) is 5.64. The molecule has 0 bridgehead atoms. The maximum absolute atomic E-state index is 14.3. The Balaban J connectivity index is 1.32. The third-order valence-corrected chi connectivity index (χ3v) is 7.41. The second-order valence-electron chi connectivity index (χ2n) is 7.15. The Hall–Kier alpha value is -2.58. The van der Waals surface area contributed by atoms with E-state index in [0.29, 0.717) is 17.4 Å². The molecule has 1 aliphatic rings. The molecule has 0 saturated carbocycles. The zero-order valence-electron chi connectivity index (χ0n) is 15.6. The van der Waals surface area contributed by atoms with Crippen LogP contribution < -0.4 is 10.2 Å². The van der Waals surface area contributed by atoms with Crippen molar-refractivity contribution < 1.29 is 9.18 Å². The van der Waals surface area contributed by atoms with E-state index in [1.54, 1.807) is 17.4 Å². The van der Waals surface area contributed by atoms with Gasteiger partial charge < -0.3 is 10.2 Å². The molecular weight excluding hydrogens is 407 g/mol. The number of nitrogens with zero attached hydrogens (tertiary/aromatic N) is 3. The molecule has 1 amide bonds. The van der Waals surface area contributed by atoms with Crippen LogP contribution in [0.2, 0.25) is 0 Å². The lowest BCUT2D eigenvalue weighted by atomic mass is 9.96. The van der Waals surface area contributed by atoms with Gasteiger partial charge in [0.1, 0.15) is 18.0 Å². The summed E-state index contributed by atoms with van der Waals surface area (Å²) in [6.45, 7) is 2.09. The zero-order chi connectivity index (χ0) is 19.8. The van der Waals surface area contributed by atoms with Crippen molar-refractivity contribution in [2.75, 3.05) is 18.0 Å². The molecule has 5 rings (SSSR count). The lowest BCUT2D eigenvalue weighted by molar-refractivity contribution is -0.125. The van der Waals surface area contributed by atoms with Gasteiger partial charge in [-0.15, -0.1) is 22.7 Å². The van der Waals surface area contributed by atoms with Crippen LogP contribution in [0.25, 0.3) is 20.3 Å². The summed E-state index contributed by atoms with van der Waals surface area (Å²) in [7, 11) is 0. The Morgan fingerprint density at radius 3 is 2.86 bits per heavy atom. The summed E-state index contributed by atoms with van der Waals surface area (Å²) in [6.07, 6.45) is 3.07. The third kappa shape index (κ3) is 3.47. The van der Waals surface area contributed by atoms with E-state index in [-0.39, 0.29) is 17.6 Å². The van der Waals surface area contributed by atoms with Gasteiger partial charge in [0.15, 0.2) is 0 Å². The van der Waals surface area contributed by atoms with Crippen molar-refractivity contribution in [1.29, 1.82) is 0 Å². The number of amides is 1. The van der Waals surface area contributed by atoms with Crippen molar-refractivity contribution in [3.05, 3.63) is 52.7 Å². The number of nitrogens with one attached hydrogen (secondary N) is 1. The molecule has 1 fully saturated rings. The average Bonchev–Trinajstić information content (AvgIpc) is 3.40. The van der Waals surface area contributed by atoms with Crippen LogP contribution in [0.1, 0.15) is 17.7 Å². The first-order valence-corrected chi connectivity index (χ1v) is 11.3. The molecule has 0 unspecified atom stereocenters. The van der Waals surface area contributed by atoms with E-state index < -0.39 is 0 Å². The topological polar surface area (TPSA) is 58.1 Å². The molecule has 0 radical (unpaired) electrons. The van der Waals surface area contributed by atoms with Crippen molar-refractivity contribution >= 4 is 54.7 Å². The lowest BCUT2D eigenvalue weighted by Gasteiger charge is -2.32. The van der Waals surface area contributed by atoms with E-state index in [1.807, 2.05) is 23.6 Å². The SMILES string of the molecule is O=C(NCc1cccs1)C1CCN(c2ncnc3c2sc2cccc(F)c23)CC1. The number of hydrogen-bond acceptors (Lipinski definition) is 6. The van der Waals surface area contributed by atoms with Gasteiger partial charge in [0.2, 0.25) is 5.91 Å². The van der Waals surface area contributed by atoms with E-state index in [4.69, 9.17) is 0 Å². The standard InChI is InChI=1S/C21H19FN4OS2/c22-15-4-1-5-16-17(15)18-19(29-16)20(25-12-24-18)26-8-6-13(7-9-26)21(27)23-11-14-3-2-10-28-14/h1-5,10,12-13H,6-9,11H2,(H,23,27). The van der Waals surface area contributed by atoms with Crippen LogP contribution in [-0.4, -0.2) is 29.0 Å². The van der Waals surface area contributed by atoms with Crippen LogP contribution in [-0.2, 0) is 11.3 Å². The average molecular weight is 427 g/mol. The van der Waals surface area contributed by atoms with Gasteiger partial charge in [-0.2, -0.15) is 0 Å². The van der Waals surface area contributed by atoms with Gasteiger partial charge in [-0.05, 0) is 36.4 Å². The summed E-state index contributed by atoms with van der Waals surface area (Å²) in [5.74, 6) is 0.728. The molecule has 1 aromatic carbocycles. The lowest BCUT2D eigenvalue weighted by Crippen LogP contribution is -2.40. The van der Waals surface area contributed by atoms with E-state index in [2.05, 4.69) is 20.2 Å². The molecule has 1 N–H and O–H groups in total. The number of piperidine rings is 1. The number of hydrogen-bond donors (Lipinski definition) is 1. The highest BCUT2D eigenvalue weighted by molar-refractivity contribution is 7.26. The van der Waals surface area contributed by atoms with Gasteiger partial charge in [-0.1, -0.05) is 12.1 Å². The Labute approximate surface area is 175 Å². The molecule has 29 heavy (non-hydrogen) atoms. The van der Waals surface area contributed by atoms with Gasteiger partial charge in [0.05, 0.1) is 22.1 Å². The predicted molar refractivity (Wildman–Crippen MR) is 116 cm³/mol. The fourth-order valence-electron chi connectivity index (χ4n) is 3.88. The highest BCUT2D eigenvalue weighted by Gasteiger charge is 2.27. The zero-order valence-corrected chi connectivity index (χ0v) is 17.2. The normalized spacial score (nSPS) is 15.3. The summed E-state index contributed by atoms with van der Waals surface area (Å²) in [6, 6.07) is 9.13. The summed E-state index contributed by atoms with van der Waals surface area (Å²) in [5.41, 5.74) is 0.670. The first kappa shape index (κ1) is 18.4. The van der Waals surface area contributed by atoms with Gasteiger partial charge >= 0.3 is 0 Å². The number of halogens is 1. The molecule has 4 heterocycles. The van der Waals surface area contributed by atoms with Gasteiger partial charge in [-0.3, -0.25) is 4.79 Å². The number of aromatic nitrogens is 2. The monoisotopic (exact) mass is 426 g/mol. The number of anilines is 1. The first-order chi connectivity index (χ1) is 14.2. The van der Waals surface area contributed by atoms with Gasteiger partial charge in [-0.25, -0.2) is 14.4 Å². The maximum Gasteiger partial charge on any atom is 0.223 e. The molecular formula is C21H19FN4OS2. The molecule has 1 saturated heterocycles. The molecule has 8 heteroatoms. The second kappa shape index (κ2) is 7.68. The fraction of sp³-hybridized carbons (Fsp3) is 0.286. The van der Waals surface area contributed by atoms with E-state index in [9.17, 15) is 9.18 Å². The molecule has 3 aromatic heterocycles. The Bertz CT molecular complexity index is 1170.